The van der Waals surface area contributed by atoms with Gasteiger partial charge in [0.2, 0.25) is 0 Å². The predicted octanol–water partition coefficient (Wildman–Crippen LogP) is 10.1. The van der Waals surface area contributed by atoms with E-state index in [1.165, 1.54) is 0 Å². The van der Waals surface area contributed by atoms with Crippen LogP contribution in [0.15, 0.2) is 124 Å². The first-order chi connectivity index (χ1) is 21.7. The summed E-state index contributed by atoms with van der Waals surface area (Å²) in [6.07, 6.45) is 0. The SMILES string of the molecule is N#Cc1cccc(C#N)c1-c1cc(-c2ccc3oc4ccccc4c3c2)cc(-c2cccc3c2oc2ccccc23)c1C#N. The fourth-order valence-electron chi connectivity index (χ4n) is 6.23. The maximum absolute atomic E-state index is 10.7. The lowest BCUT2D eigenvalue weighted by atomic mass is 9.85. The number of furan rings is 2. The van der Waals surface area contributed by atoms with Crippen molar-refractivity contribution in [3.63, 3.8) is 0 Å². The van der Waals surface area contributed by atoms with E-state index < -0.39 is 0 Å². The van der Waals surface area contributed by atoms with Gasteiger partial charge in [-0.05, 0) is 59.7 Å². The van der Waals surface area contributed by atoms with E-state index in [1.54, 1.807) is 18.2 Å². The van der Waals surface area contributed by atoms with Crippen LogP contribution in [0.25, 0.3) is 77.3 Å². The number of benzene rings is 6. The molecule has 6 aromatic carbocycles. The van der Waals surface area contributed by atoms with Crippen LogP contribution in [-0.4, -0.2) is 0 Å². The van der Waals surface area contributed by atoms with Crippen molar-refractivity contribution in [1.29, 1.82) is 15.8 Å². The summed E-state index contributed by atoms with van der Waals surface area (Å²) in [5, 5.41) is 34.8. The molecule has 5 nitrogen and oxygen atoms in total. The van der Waals surface area contributed by atoms with Crippen molar-refractivity contribution in [2.75, 3.05) is 0 Å². The molecule has 0 spiro atoms. The van der Waals surface area contributed by atoms with E-state index in [-0.39, 0.29) is 0 Å². The summed E-state index contributed by atoms with van der Waals surface area (Å²) in [4.78, 5) is 0. The summed E-state index contributed by atoms with van der Waals surface area (Å²) in [5.74, 6) is 0. The molecule has 2 aromatic heterocycles. The fourth-order valence-corrected chi connectivity index (χ4v) is 6.23. The molecule has 202 valence electrons. The van der Waals surface area contributed by atoms with Gasteiger partial charge >= 0.3 is 0 Å². The third-order valence-electron chi connectivity index (χ3n) is 8.23. The Balaban J connectivity index is 1.49. The molecule has 0 saturated heterocycles. The second-order valence-corrected chi connectivity index (χ2v) is 10.6. The van der Waals surface area contributed by atoms with Crippen LogP contribution in [0.4, 0.5) is 0 Å². The van der Waals surface area contributed by atoms with Crippen LogP contribution in [0, 0.1) is 34.0 Å². The summed E-state index contributed by atoms with van der Waals surface area (Å²) in [6, 6.07) is 43.5. The molecule has 0 aliphatic heterocycles. The molecule has 0 N–H and O–H groups in total. The average Bonchev–Trinajstić information content (AvgIpc) is 3.65. The average molecular weight is 562 g/mol. The highest BCUT2D eigenvalue weighted by Gasteiger charge is 2.22. The first-order valence-electron chi connectivity index (χ1n) is 14.0. The Morgan fingerprint density at radius 3 is 1.77 bits per heavy atom. The normalized spacial score (nSPS) is 11.1. The van der Waals surface area contributed by atoms with E-state index in [4.69, 9.17) is 8.83 Å². The Hall–Kier alpha value is -6.61. The molecule has 0 bridgehead atoms. The maximum atomic E-state index is 10.7. The van der Waals surface area contributed by atoms with Crippen molar-refractivity contribution >= 4 is 43.9 Å². The van der Waals surface area contributed by atoms with Crippen molar-refractivity contribution in [3.05, 3.63) is 132 Å². The molecule has 0 unspecified atom stereocenters. The van der Waals surface area contributed by atoms with Crippen molar-refractivity contribution in [3.8, 4) is 51.6 Å². The van der Waals surface area contributed by atoms with E-state index in [9.17, 15) is 15.8 Å². The molecule has 0 aliphatic rings. The van der Waals surface area contributed by atoms with E-state index in [0.29, 0.717) is 39.0 Å². The lowest BCUT2D eigenvalue weighted by Gasteiger charge is -2.16. The van der Waals surface area contributed by atoms with Crippen LogP contribution >= 0.6 is 0 Å². The van der Waals surface area contributed by atoms with Gasteiger partial charge in [0.25, 0.3) is 0 Å². The second-order valence-electron chi connectivity index (χ2n) is 10.6. The number of fused-ring (bicyclic) bond motifs is 6. The number of para-hydroxylation sites is 3. The highest BCUT2D eigenvalue weighted by atomic mass is 16.3. The van der Waals surface area contributed by atoms with Crippen LogP contribution in [-0.2, 0) is 0 Å². The smallest absolute Gasteiger partial charge is 0.143 e. The van der Waals surface area contributed by atoms with Crippen molar-refractivity contribution in [2.45, 2.75) is 0 Å². The summed E-state index contributed by atoms with van der Waals surface area (Å²) in [5.41, 5.74) is 8.08. The quantitative estimate of drug-likeness (QED) is 0.214. The van der Waals surface area contributed by atoms with Crippen LogP contribution in [0.5, 0.6) is 0 Å². The van der Waals surface area contributed by atoms with Gasteiger partial charge in [-0.1, -0.05) is 66.7 Å². The second kappa shape index (κ2) is 9.74. The van der Waals surface area contributed by atoms with E-state index in [2.05, 4.69) is 24.3 Å². The number of rotatable bonds is 3. The Bertz CT molecular complexity index is 2570. The van der Waals surface area contributed by atoms with Gasteiger partial charge in [-0.2, -0.15) is 15.8 Å². The number of nitrogens with zero attached hydrogens (tertiary/aromatic N) is 3. The molecule has 0 amide bonds. The topological polar surface area (TPSA) is 97.7 Å². The fraction of sp³-hybridized carbons (Fsp3) is 0. The molecule has 0 saturated carbocycles. The highest BCUT2D eigenvalue weighted by molar-refractivity contribution is 6.11. The molecule has 44 heavy (non-hydrogen) atoms. The van der Waals surface area contributed by atoms with Crippen LogP contribution in [0.1, 0.15) is 16.7 Å². The largest absolute Gasteiger partial charge is 0.456 e. The molecular weight excluding hydrogens is 542 g/mol. The van der Waals surface area contributed by atoms with Gasteiger partial charge in [0, 0.05) is 43.8 Å². The zero-order valence-corrected chi connectivity index (χ0v) is 23.1. The van der Waals surface area contributed by atoms with Gasteiger partial charge in [0.05, 0.1) is 28.8 Å². The minimum atomic E-state index is 0.321. The zero-order chi connectivity index (χ0) is 29.8. The van der Waals surface area contributed by atoms with Crippen LogP contribution < -0.4 is 0 Å². The number of nitriles is 3. The lowest BCUT2D eigenvalue weighted by molar-refractivity contribution is 0.669. The van der Waals surface area contributed by atoms with Crippen molar-refractivity contribution < 1.29 is 8.83 Å². The van der Waals surface area contributed by atoms with Gasteiger partial charge in [-0.3, -0.25) is 0 Å². The lowest BCUT2D eigenvalue weighted by Crippen LogP contribution is -1.97. The molecule has 8 rings (SSSR count). The van der Waals surface area contributed by atoms with Crippen LogP contribution in [0.2, 0.25) is 0 Å². The summed E-state index contributed by atoms with van der Waals surface area (Å²) in [7, 11) is 0. The minimum absolute atomic E-state index is 0.321. The Morgan fingerprint density at radius 2 is 1.05 bits per heavy atom. The first kappa shape index (κ1) is 25.1. The number of hydrogen-bond acceptors (Lipinski definition) is 5. The summed E-state index contributed by atoms with van der Waals surface area (Å²) >= 11 is 0. The van der Waals surface area contributed by atoms with Crippen LogP contribution in [0.3, 0.4) is 0 Å². The molecule has 5 heteroatoms. The van der Waals surface area contributed by atoms with Gasteiger partial charge in [-0.25, -0.2) is 0 Å². The molecule has 0 atom stereocenters. The summed E-state index contributed by atoms with van der Waals surface area (Å²) in [6.45, 7) is 0. The predicted molar refractivity (Wildman–Crippen MR) is 171 cm³/mol. The van der Waals surface area contributed by atoms with Gasteiger partial charge in [0.15, 0.2) is 0 Å². The Labute approximate surface area is 251 Å². The highest BCUT2D eigenvalue weighted by Crippen LogP contribution is 2.43. The third-order valence-corrected chi connectivity index (χ3v) is 8.23. The molecule has 0 radical (unpaired) electrons. The minimum Gasteiger partial charge on any atom is -0.456 e. The molecule has 0 fully saturated rings. The van der Waals surface area contributed by atoms with E-state index >= 15 is 0 Å². The maximum Gasteiger partial charge on any atom is 0.143 e. The molecule has 0 aliphatic carbocycles. The van der Waals surface area contributed by atoms with Gasteiger partial charge < -0.3 is 8.83 Å². The molecule has 2 heterocycles. The third kappa shape index (κ3) is 3.70. The Morgan fingerprint density at radius 1 is 0.432 bits per heavy atom. The number of hydrogen-bond donors (Lipinski definition) is 0. The van der Waals surface area contributed by atoms with Gasteiger partial charge in [-0.15, -0.1) is 0 Å². The standard InChI is InChI=1S/C39H19N3O2/c40-20-24-7-5-8-25(21-41)38(24)33-19-26(23-15-16-37-32(17-23)28-10-2-3-13-35(28)43-37)18-31(34(33)22-42)30-12-6-11-29-27-9-1-4-14-36(27)44-39(29)30/h1-19H. The van der Waals surface area contributed by atoms with Gasteiger partial charge in [0.1, 0.15) is 28.4 Å². The monoisotopic (exact) mass is 561 g/mol. The Kier molecular flexibility index (Phi) is 5.56. The van der Waals surface area contributed by atoms with E-state index in [0.717, 1.165) is 55.0 Å². The van der Waals surface area contributed by atoms with Crippen molar-refractivity contribution in [2.24, 2.45) is 0 Å². The van der Waals surface area contributed by atoms with Crippen molar-refractivity contribution in [1.82, 2.24) is 0 Å². The molecular formula is C39H19N3O2. The zero-order valence-electron chi connectivity index (χ0n) is 23.1. The molecule has 8 aromatic rings. The first-order valence-corrected chi connectivity index (χ1v) is 14.0. The van der Waals surface area contributed by atoms with E-state index in [1.807, 2.05) is 91.0 Å². The summed E-state index contributed by atoms with van der Waals surface area (Å²) < 4.78 is 12.5.